The van der Waals surface area contributed by atoms with Gasteiger partial charge in [-0.3, -0.25) is 4.98 Å². The molecule has 0 unspecified atom stereocenters. The summed E-state index contributed by atoms with van der Waals surface area (Å²) in [5.74, 6) is 0. The first-order valence-corrected chi connectivity index (χ1v) is 8.24. The summed E-state index contributed by atoms with van der Waals surface area (Å²) in [5.41, 5.74) is 11.8. The number of anilines is 1. The lowest BCUT2D eigenvalue weighted by Gasteiger charge is -2.27. The molecular formula is C21H23N3. The fourth-order valence-corrected chi connectivity index (χ4v) is 2.86. The van der Waals surface area contributed by atoms with Crippen molar-refractivity contribution in [2.24, 2.45) is 5.73 Å². The van der Waals surface area contributed by atoms with Gasteiger partial charge in [0.1, 0.15) is 0 Å². The molecule has 0 amide bonds. The van der Waals surface area contributed by atoms with Gasteiger partial charge in [-0.05, 0) is 24.1 Å². The maximum atomic E-state index is 5.96. The second-order valence-corrected chi connectivity index (χ2v) is 5.99. The van der Waals surface area contributed by atoms with E-state index >= 15 is 0 Å². The highest BCUT2D eigenvalue weighted by molar-refractivity contribution is 5.54. The third kappa shape index (κ3) is 4.00. The minimum Gasteiger partial charge on any atom is -0.363 e. The molecule has 1 heterocycles. The Labute approximate surface area is 143 Å². The Morgan fingerprint density at radius 3 is 1.92 bits per heavy atom. The Bertz CT molecular complexity index is 728. The molecule has 0 aliphatic carbocycles. The van der Waals surface area contributed by atoms with Crippen LogP contribution >= 0.6 is 0 Å². The molecule has 0 radical (unpaired) electrons. The van der Waals surface area contributed by atoms with Crippen molar-refractivity contribution in [2.45, 2.75) is 26.6 Å². The first kappa shape index (κ1) is 16.2. The third-order valence-corrected chi connectivity index (χ3v) is 4.09. The number of aryl methyl sites for hydroxylation is 1. The van der Waals surface area contributed by atoms with Crippen LogP contribution in [-0.4, -0.2) is 4.98 Å². The van der Waals surface area contributed by atoms with Gasteiger partial charge in [-0.1, -0.05) is 60.7 Å². The largest absolute Gasteiger partial charge is 0.363 e. The lowest BCUT2D eigenvalue weighted by Crippen LogP contribution is -2.24. The average molecular weight is 317 g/mol. The second kappa shape index (κ2) is 7.75. The molecule has 1 aromatic heterocycles. The fraction of sp³-hybridized carbons (Fsp3) is 0.190. The maximum Gasteiger partial charge on any atom is 0.0451 e. The summed E-state index contributed by atoms with van der Waals surface area (Å²) in [5, 5.41) is 0. The van der Waals surface area contributed by atoms with E-state index in [-0.39, 0.29) is 0 Å². The van der Waals surface area contributed by atoms with Crippen molar-refractivity contribution in [1.82, 2.24) is 4.98 Å². The monoisotopic (exact) mass is 317 g/mol. The fourth-order valence-electron chi connectivity index (χ4n) is 2.86. The van der Waals surface area contributed by atoms with E-state index < -0.39 is 0 Å². The van der Waals surface area contributed by atoms with Crippen molar-refractivity contribution >= 4 is 5.69 Å². The van der Waals surface area contributed by atoms with Gasteiger partial charge >= 0.3 is 0 Å². The molecule has 3 aromatic rings. The predicted octanol–water partition coefficient (Wildman–Crippen LogP) is 4.06. The highest BCUT2D eigenvalue weighted by atomic mass is 15.1. The van der Waals surface area contributed by atoms with Gasteiger partial charge in [-0.2, -0.15) is 0 Å². The number of aromatic nitrogens is 1. The summed E-state index contributed by atoms with van der Waals surface area (Å²) in [6, 6.07) is 23.2. The van der Waals surface area contributed by atoms with Crippen LogP contribution in [0.1, 0.15) is 22.4 Å². The van der Waals surface area contributed by atoms with Crippen molar-refractivity contribution in [3.63, 3.8) is 0 Å². The molecule has 2 N–H and O–H groups in total. The van der Waals surface area contributed by atoms with Crippen molar-refractivity contribution in [2.75, 3.05) is 4.90 Å². The maximum absolute atomic E-state index is 5.96. The standard InChI is InChI=1S/C21H23N3/c1-17-12-21(20(13-22)14-23-17)24(15-18-8-4-2-5-9-18)16-19-10-6-3-7-11-19/h2-12,14H,13,15-16,22H2,1H3. The van der Waals surface area contributed by atoms with Gasteiger partial charge in [0.2, 0.25) is 0 Å². The Hall–Kier alpha value is -2.65. The summed E-state index contributed by atoms with van der Waals surface area (Å²) in [4.78, 5) is 6.78. The summed E-state index contributed by atoms with van der Waals surface area (Å²) in [6.07, 6.45) is 1.90. The number of hydrogen-bond acceptors (Lipinski definition) is 3. The number of rotatable bonds is 6. The summed E-state index contributed by atoms with van der Waals surface area (Å²) in [7, 11) is 0. The number of nitrogens with two attached hydrogens (primary N) is 1. The van der Waals surface area contributed by atoms with Crippen LogP contribution < -0.4 is 10.6 Å². The van der Waals surface area contributed by atoms with Crippen molar-refractivity contribution in [3.8, 4) is 0 Å². The molecule has 2 aromatic carbocycles. The van der Waals surface area contributed by atoms with E-state index in [1.54, 1.807) is 0 Å². The highest BCUT2D eigenvalue weighted by Crippen LogP contribution is 2.25. The van der Waals surface area contributed by atoms with E-state index in [4.69, 9.17) is 5.73 Å². The Kier molecular flexibility index (Phi) is 5.24. The molecule has 24 heavy (non-hydrogen) atoms. The van der Waals surface area contributed by atoms with Crippen LogP contribution in [0.5, 0.6) is 0 Å². The van der Waals surface area contributed by atoms with E-state index in [0.717, 1.165) is 30.0 Å². The van der Waals surface area contributed by atoms with Gasteiger partial charge in [0, 0.05) is 42.8 Å². The molecule has 0 atom stereocenters. The minimum atomic E-state index is 0.489. The highest BCUT2D eigenvalue weighted by Gasteiger charge is 2.13. The zero-order valence-electron chi connectivity index (χ0n) is 14.0. The molecule has 0 spiro atoms. The Balaban J connectivity index is 1.96. The SMILES string of the molecule is Cc1cc(N(Cc2ccccc2)Cc2ccccc2)c(CN)cn1. The van der Waals surface area contributed by atoms with Crippen molar-refractivity contribution in [3.05, 3.63) is 95.3 Å². The zero-order chi connectivity index (χ0) is 16.8. The predicted molar refractivity (Wildman–Crippen MR) is 99.6 cm³/mol. The smallest absolute Gasteiger partial charge is 0.0451 e. The van der Waals surface area contributed by atoms with Gasteiger partial charge < -0.3 is 10.6 Å². The first-order chi connectivity index (χ1) is 11.8. The molecule has 0 bridgehead atoms. The summed E-state index contributed by atoms with van der Waals surface area (Å²) in [6.45, 7) is 4.19. The number of benzene rings is 2. The van der Waals surface area contributed by atoms with Gasteiger partial charge in [0.05, 0.1) is 0 Å². The van der Waals surface area contributed by atoms with Crippen LogP contribution in [0.2, 0.25) is 0 Å². The molecule has 0 aliphatic rings. The normalized spacial score (nSPS) is 10.6. The van der Waals surface area contributed by atoms with Gasteiger partial charge in [-0.25, -0.2) is 0 Å². The Morgan fingerprint density at radius 1 is 0.875 bits per heavy atom. The minimum absolute atomic E-state index is 0.489. The van der Waals surface area contributed by atoms with Crippen LogP contribution in [0, 0.1) is 6.92 Å². The van der Waals surface area contributed by atoms with Crippen LogP contribution in [0.3, 0.4) is 0 Å². The van der Waals surface area contributed by atoms with Crippen LogP contribution in [0.15, 0.2) is 72.9 Å². The molecule has 0 aliphatic heterocycles. The van der Waals surface area contributed by atoms with Crippen molar-refractivity contribution in [1.29, 1.82) is 0 Å². The lowest BCUT2D eigenvalue weighted by atomic mass is 10.1. The molecule has 0 fully saturated rings. The lowest BCUT2D eigenvalue weighted by molar-refractivity contribution is 0.788. The van der Waals surface area contributed by atoms with E-state index in [0.29, 0.717) is 6.54 Å². The van der Waals surface area contributed by atoms with E-state index in [1.165, 1.54) is 11.1 Å². The quantitative estimate of drug-likeness (QED) is 0.745. The number of hydrogen-bond donors (Lipinski definition) is 1. The molecule has 3 heteroatoms. The van der Waals surface area contributed by atoms with Crippen LogP contribution in [-0.2, 0) is 19.6 Å². The second-order valence-electron chi connectivity index (χ2n) is 5.99. The van der Waals surface area contributed by atoms with E-state index in [9.17, 15) is 0 Å². The van der Waals surface area contributed by atoms with Gasteiger partial charge in [-0.15, -0.1) is 0 Å². The molecule has 122 valence electrons. The van der Waals surface area contributed by atoms with Crippen LogP contribution in [0.4, 0.5) is 5.69 Å². The zero-order valence-corrected chi connectivity index (χ0v) is 14.0. The van der Waals surface area contributed by atoms with E-state index in [1.807, 2.05) is 25.3 Å². The molecule has 0 saturated heterocycles. The summed E-state index contributed by atoms with van der Waals surface area (Å²) >= 11 is 0. The summed E-state index contributed by atoms with van der Waals surface area (Å²) < 4.78 is 0. The van der Waals surface area contributed by atoms with E-state index in [2.05, 4.69) is 64.5 Å². The molecule has 3 nitrogen and oxygen atoms in total. The Morgan fingerprint density at radius 2 is 1.42 bits per heavy atom. The first-order valence-electron chi connectivity index (χ1n) is 8.24. The number of nitrogens with zero attached hydrogens (tertiary/aromatic N) is 2. The molecule has 0 saturated carbocycles. The number of pyridine rings is 1. The molecular weight excluding hydrogens is 294 g/mol. The third-order valence-electron chi connectivity index (χ3n) is 4.09. The van der Waals surface area contributed by atoms with Crippen molar-refractivity contribution < 1.29 is 0 Å². The van der Waals surface area contributed by atoms with Crippen LogP contribution in [0.25, 0.3) is 0 Å². The molecule has 3 rings (SSSR count). The van der Waals surface area contributed by atoms with Gasteiger partial charge in [0.15, 0.2) is 0 Å². The topological polar surface area (TPSA) is 42.1 Å². The van der Waals surface area contributed by atoms with Gasteiger partial charge in [0.25, 0.3) is 0 Å². The average Bonchev–Trinajstić information content (AvgIpc) is 2.63.